The molecule has 0 bridgehead atoms. The molecule has 2 rings (SSSR count). The number of carbonyl (C=O) groups excluding carboxylic acids is 1. The Labute approximate surface area is 120 Å². The number of amides is 1. The number of likely N-dealkylation sites (N-methyl/N-ethyl adjacent to an activating group) is 1. The third-order valence-corrected chi connectivity index (χ3v) is 2.76. The number of ether oxygens (including phenoxy) is 1. The molecule has 8 heteroatoms. The highest BCUT2D eigenvalue weighted by molar-refractivity contribution is 5.77. The van der Waals surface area contributed by atoms with E-state index in [-0.39, 0.29) is 24.0 Å². The summed E-state index contributed by atoms with van der Waals surface area (Å²) in [5, 5.41) is 10.6. The second-order valence-electron chi connectivity index (χ2n) is 4.33. The fourth-order valence-corrected chi connectivity index (χ4v) is 1.64. The van der Waals surface area contributed by atoms with Gasteiger partial charge in [-0.05, 0) is 6.07 Å². The van der Waals surface area contributed by atoms with Crippen LogP contribution in [0, 0.1) is 10.1 Å². The summed E-state index contributed by atoms with van der Waals surface area (Å²) in [6.07, 6.45) is 3.28. The Hall–Kier alpha value is -2.90. The Morgan fingerprint density at radius 1 is 1.52 bits per heavy atom. The highest BCUT2D eigenvalue weighted by Gasteiger charge is 2.12. The second kappa shape index (κ2) is 6.51. The molecule has 0 fully saturated rings. The molecule has 1 aromatic heterocycles. The molecule has 0 unspecified atom stereocenters. The normalized spacial score (nSPS) is 10.1. The van der Waals surface area contributed by atoms with Gasteiger partial charge in [-0.25, -0.2) is 4.98 Å². The molecule has 2 aromatic rings. The maximum absolute atomic E-state index is 11.9. The van der Waals surface area contributed by atoms with Crippen molar-refractivity contribution >= 4 is 11.6 Å². The molecule has 0 radical (unpaired) electrons. The summed E-state index contributed by atoms with van der Waals surface area (Å²) in [5.74, 6) is 0.697. The van der Waals surface area contributed by atoms with Gasteiger partial charge < -0.3 is 14.6 Å². The molecule has 0 spiro atoms. The molecule has 0 aliphatic carbocycles. The van der Waals surface area contributed by atoms with Crippen LogP contribution in [0.5, 0.6) is 5.75 Å². The zero-order valence-electron chi connectivity index (χ0n) is 11.4. The number of non-ortho nitro benzene ring substituents is 1. The molecule has 0 aliphatic heterocycles. The Morgan fingerprint density at radius 2 is 2.33 bits per heavy atom. The van der Waals surface area contributed by atoms with Crippen molar-refractivity contribution < 1.29 is 14.5 Å². The van der Waals surface area contributed by atoms with Gasteiger partial charge in [-0.3, -0.25) is 14.9 Å². The molecular formula is C13H14N4O4. The van der Waals surface area contributed by atoms with Gasteiger partial charge in [0.2, 0.25) is 0 Å². The minimum Gasteiger partial charge on any atom is -0.484 e. The Morgan fingerprint density at radius 3 is 3.00 bits per heavy atom. The van der Waals surface area contributed by atoms with Gasteiger partial charge in [-0.1, -0.05) is 6.07 Å². The Bertz CT molecular complexity index is 627. The number of H-pyrrole nitrogens is 1. The molecule has 0 saturated carbocycles. The monoisotopic (exact) mass is 290 g/mol. The predicted molar refractivity (Wildman–Crippen MR) is 73.7 cm³/mol. The first kappa shape index (κ1) is 14.5. The van der Waals surface area contributed by atoms with Gasteiger partial charge >= 0.3 is 0 Å². The van der Waals surface area contributed by atoms with E-state index in [1.165, 1.54) is 23.1 Å². The molecule has 21 heavy (non-hydrogen) atoms. The van der Waals surface area contributed by atoms with Crippen LogP contribution in [-0.2, 0) is 11.3 Å². The number of nitrogens with zero attached hydrogens (tertiary/aromatic N) is 3. The summed E-state index contributed by atoms with van der Waals surface area (Å²) in [5.41, 5.74) is -0.0797. The number of hydrogen-bond donors (Lipinski definition) is 1. The number of nitro benzene ring substituents is 1. The average molecular weight is 290 g/mol. The van der Waals surface area contributed by atoms with Crippen molar-refractivity contribution in [1.29, 1.82) is 0 Å². The lowest BCUT2D eigenvalue weighted by atomic mass is 10.3. The topological polar surface area (TPSA) is 101 Å². The average Bonchev–Trinajstić information content (AvgIpc) is 2.97. The Kier molecular flexibility index (Phi) is 4.50. The number of imidazole rings is 1. The van der Waals surface area contributed by atoms with Gasteiger partial charge in [0.05, 0.1) is 17.5 Å². The Balaban J connectivity index is 1.88. The van der Waals surface area contributed by atoms with E-state index < -0.39 is 4.92 Å². The number of aromatic amines is 1. The third kappa shape index (κ3) is 4.03. The highest BCUT2D eigenvalue weighted by atomic mass is 16.6. The first-order chi connectivity index (χ1) is 10.1. The van der Waals surface area contributed by atoms with Crippen LogP contribution < -0.4 is 4.74 Å². The standard InChI is InChI=1S/C13H14N4O4/c1-16(8-12-14-5-6-15-12)13(18)9-21-11-4-2-3-10(7-11)17(19)20/h2-7H,8-9H2,1H3,(H,14,15). The maximum atomic E-state index is 11.9. The number of nitro groups is 1. The van der Waals surface area contributed by atoms with E-state index in [0.717, 1.165) is 0 Å². The number of hydrogen-bond acceptors (Lipinski definition) is 5. The predicted octanol–water partition coefficient (Wildman–Crippen LogP) is 1.36. The highest BCUT2D eigenvalue weighted by Crippen LogP contribution is 2.19. The van der Waals surface area contributed by atoms with Crippen molar-refractivity contribution in [2.75, 3.05) is 13.7 Å². The van der Waals surface area contributed by atoms with Gasteiger partial charge in [0, 0.05) is 25.5 Å². The van der Waals surface area contributed by atoms with Crippen LogP contribution in [0.3, 0.4) is 0 Å². The summed E-state index contributed by atoms with van der Waals surface area (Å²) in [4.78, 5) is 30.4. The lowest BCUT2D eigenvalue weighted by Gasteiger charge is -2.16. The summed E-state index contributed by atoms with van der Waals surface area (Å²) in [6, 6.07) is 5.70. The molecule has 110 valence electrons. The summed E-state index contributed by atoms with van der Waals surface area (Å²) >= 11 is 0. The van der Waals surface area contributed by atoms with E-state index in [2.05, 4.69) is 9.97 Å². The van der Waals surface area contributed by atoms with Crippen molar-refractivity contribution in [3.63, 3.8) is 0 Å². The van der Waals surface area contributed by atoms with Crippen LogP contribution in [0.1, 0.15) is 5.82 Å². The molecule has 0 atom stereocenters. The van der Waals surface area contributed by atoms with E-state index in [1.54, 1.807) is 25.5 Å². The molecule has 0 aliphatic rings. The SMILES string of the molecule is CN(Cc1ncc[nH]1)C(=O)COc1cccc([N+](=O)[O-])c1. The van der Waals surface area contributed by atoms with E-state index in [9.17, 15) is 14.9 Å². The van der Waals surface area contributed by atoms with Crippen LogP contribution in [0.4, 0.5) is 5.69 Å². The van der Waals surface area contributed by atoms with E-state index >= 15 is 0 Å². The molecule has 1 heterocycles. The molecule has 1 amide bonds. The largest absolute Gasteiger partial charge is 0.484 e. The minimum absolute atomic E-state index is 0.0797. The summed E-state index contributed by atoms with van der Waals surface area (Å²) < 4.78 is 5.27. The van der Waals surface area contributed by atoms with Gasteiger partial charge in [0.25, 0.3) is 11.6 Å². The third-order valence-electron chi connectivity index (χ3n) is 2.76. The smallest absolute Gasteiger partial charge is 0.273 e. The minimum atomic E-state index is -0.516. The number of aromatic nitrogens is 2. The summed E-state index contributed by atoms with van der Waals surface area (Å²) in [6.45, 7) is 0.141. The van der Waals surface area contributed by atoms with Crippen molar-refractivity contribution in [2.45, 2.75) is 6.54 Å². The fourth-order valence-electron chi connectivity index (χ4n) is 1.64. The van der Waals surface area contributed by atoms with E-state index in [0.29, 0.717) is 12.4 Å². The quantitative estimate of drug-likeness (QED) is 0.639. The number of nitrogens with one attached hydrogen (secondary N) is 1. The molecular weight excluding hydrogens is 276 g/mol. The van der Waals surface area contributed by atoms with Crippen LogP contribution in [0.15, 0.2) is 36.7 Å². The van der Waals surface area contributed by atoms with Crippen LogP contribution in [-0.4, -0.2) is 39.4 Å². The molecule has 1 N–H and O–H groups in total. The van der Waals surface area contributed by atoms with Gasteiger partial charge in [-0.2, -0.15) is 0 Å². The van der Waals surface area contributed by atoms with E-state index in [4.69, 9.17) is 4.74 Å². The molecule has 8 nitrogen and oxygen atoms in total. The molecule has 0 saturated heterocycles. The maximum Gasteiger partial charge on any atom is 0.273 e. The lowest BCUT2D eigenvalue weighted by Crippen LogP contribution is -2.31. The van der Waals surface area contributed by atoms with Crippen LogP contribution in [0.2, 0.25) is 0 Å². The van der Waals surface area contributed by atoms with Crippen molar-refractivity contribution in [2.24, 2.45) is 0 Å². The second-order valence-corrected chi connectivity index (χ2v) is 4.33. The van der Waals surface area contributed by atoms with Crippen molar-refractivity contribution in [1.82, 2.24) is 14.9 Å². The summed E-state index contributed by atoms with van der Waals surface area (Å²) in [7, 11) is 1.63. The zero-order valence-corrected chi connectivity index (χ0v) is 11.4. The van der Waals surface area contributed by atoms with Gasteiger partial charge in [0.15, 0.2) is 6.61 Å². The van der Waals surface area contributed by atoms with Crippen LogP contribution in [0.25, 0.3) is 0 Å². The van der Waals surface area contributed by atoms with Crippen LogP contribution >= 0.6 is 0 Å². The first-order valence-corrected chi connectivity index (χ1v) is 6.16. The molecule has 1 aromatic carbocycles. The van der Waals surface area contributed by atoms with Crippen molar-refractivity contribution in [3.05, 3.63) is 52.6 Å². The number of benzene rings is 1. The first-order valence-electron chi connectivity index (χ1n) is 6.16. The number of carbonyl (C=O) groups is 1. The van der Waals surface area contributed by atoms with Crippen molar-refractivity contribution in [3.8, 4) is 5.75 Å². The number of rotatable bonds is 6. The zero-order chi connectivity index (χ0) is 15.2. The lowest BCUT2D eigenvalue weighted by molar-refractivity contribution is -0.384. The van der Waals surface area contributed by atoms with Gasteiger partial charge in [-0.15, -0.1) is 0 Å². The van der Waals surface area contributed by atoms with Gasteiger partial charge in [0.1, 0.15) is 11.6 Å². The fraction of sp³-hybridized carbons (Fsp3) is 0.231. The van der Waals surface area contributed by atoms with E-state index in [1.807, 2.05) is 0 Å².